The number of anilines is 1. The second-order valence-corrected chi connectivity index (χ2v) is 8.04. The third-order valence-electron chi connectivity index (χ3n) is 5.04. The molecule has 5 rings (SSSR count). The van der Waals surface area contributed by atoms with Gasteiger partial charge in [0.25, 0.3) is 5.56 Å². The fraction of sp³-hybridized carbons (Fsp3) is 0.150. The Balaban J connectivity index is 1.51. The fourth-order valence-corrected chi connectivity index (χ4v) is 3.81. The molecule has 0 saturated heterocycles. The molecule has 1 N–H and O–H groups in total. The molecule has 0 saturated carbocycles. The zero-order chi connectivity index (χ0) is 22.9. The number of nitrogens with one attached hydrogen (secondary N) is 1. The van der Waals surface area contributed by atoms with E-state index < -0.39 is 0 Å². The van der Waals surface area contributed by atoms with Gasteiger partial charge in [-0.2, -0.15) is 10.2 Å². The van der Waals surface area contributed by atoms with Gasteiger partial charge in [0.1, 0.15) is 30.1 Å². The van der Waals surface area contributed by atoms with Gasteiger partial charge < -0.3 is 9.30 Å². The molecule has 1 aliphatic heterocycles. The van der Waals surface area contributed by atoms with Crippen LogP contribution in [-0.2, 0) is 6.54 Å². The van der Waals surface area contributed by atoms with Crippen molar-refractivity contribution in [1.82, 2.24) is 34.2 Å². The number of ether oxygens (including phenoxy) is 1. The van der Waals surface area contributed by atoms with Crippen LogP contribution < -0.4 is 15.3 Å². The number of H-pyrrole nitrogens is 1. The number of pyridine rings is 1. The van der Waals surface area contributed by atoms with Crippen molar-refractivity contribution in [2.24, 2.45) is 5.10 Å². The molecule has 0 fully saturated rings. The van der Waals surface area contributed by atoms with E-state index in [1.165, 1.54) is 21.4 Å². The summed E-state index contributed by atoms with van der Waals surface area (Å²) in [6, 6.07) is 6.85. The van der Waals surface area contributed by atoms with Gasteiger partial charge in [-0.1, -0.05) is 16.8 Å². The van der Waals surface area contributed by atoms with Gasteiger partial charge in [-0.25, -0.2) is 9.69 Å². The molecule has 1 aliphatic rings. The lowest BCUT2D eigenvalue weighted by Crippen LogP contribution is -2.22. The van der Waals surface area contributed by atoms with E-state index in [9.17, 15) is 4.79 Å². The summed E-state index contributed by atoms with van der Waals surface area (Å²) in [6.45, 7) is 0.565. The predicted octanol–water partition coefficient (Wildman–Crippen LogP) is 2.71. The number of halogens is 2. The summed E-state index contributed by atoms with van der Waals surface area (Å²) in [5.41, 5.74) is 3.11. The summed E-state index contributed by atoms with van der Waals surface area (Å²) in [6.07, 6.45) is 8.19. The van der Waals surface area contributed by atoms with E-state index in [-0.39, 0.29) is 12.1 Å². The van der Waals surface area contributed by atoms with Gasteiger partial charge in [0, 0.05) is 40.2 Å². The quantitative estimate of drug-likeness (QED) is 0.418. The first-order valence-corrected chi connectivity index (χ1v) is 10.5. The van der Waals surface area contributed by atoms with Crippen molar-refractivity contribution in [2.75, 3.05) is 18.8 Å². The molecule has 168 valence electrons. The summed E-state index contributed by atoms with van der Waals surface area (Å²) in [5.74, 6) is 0.492. The Kier molecular flexibility index (Phi) is 5.48. The average molecular weight is 486 g/mol. The second kappa shape index (κ2) is 8.60. The number of hydrogen-bond donors (Lipinski definition) is 1. The van der Waals surface area contributed by atoms with Crippen LogP contribution in [0.15, 0.2) is 58.9 Å². The molecule has 13 heteroatoms. The molecular formula is C20H17Cl2N9O2. The summed E-state index contributed by atoms with van der Waals surface area (Å²) < 4.78 is 10.1. The number of rotatable bonds is 6. The average Bonchev–Trinajstić information content (AvgIpc) is 3.57. The molecule has 33 heavy (non-hydrogen) atoms. The standard InChI is InChI=1S/C20H17Cl2N9O2/c1-33-19-10-28(8-14-9-30(27-26-14)15-6-23-24-7-15)20(32)5-17(19)16-4-13(21)2-3-18(16)31-12-29(22)11-25-31/h2-7,9-11H,8,12H2,1H3,(H,23,24). The van der Waals surface area contributed by atoms with Crippen molar-refractivity contribution in [3.8, 4) is 22.6 Å². The highest BCUT2D eigenvalue weighted by atomic mass is 35.5. The number of hydrazone groups is 1. The first kappa shape index (κ1) is 21.0. The minimum atomic E-state index is -0.238. The van der Waals surface area contributed by atoms with E-state index in [1.54, 1.807) is 53.7 Å². The SMILES string of the molecule is COc1cn(Cc2cn(-c3cn[nH]c3)nn2)c(=O)cc1-c1cc(Cl)ccc1N1CN(Cl)C=N1. The summed E-state index contributed by atoms with van der Waals surface area (Å²) in [5, 5.41) is 21.3. The smallest absolute Gasteiger partial charge is 0.251 e. The van der Waals surface area contributed by atoms with E-state index in [0.29, 0.717) is 34.3 Å². The maximum absolute atomic E-state index is 13.0. The topological polar surface area (TPSA) is 109 Å². The van der Waals surface area contributed by atoms with Crippen molar-refractivity contribution < 1.29 is 4.74 Å². The van der Waals surface area contributed by atoms with Crippen molar-refractivity contribution in [3.05, 3.63) is 70.1 Å². The Morgan fingerprint density at radius 3 is 2.82 bits per heavy atom. The van der Waals surface area contributed by atoms with Crippen molar-refractivity contribution >= 4 is 35.4 Å². The Bertz CT molecular complexity index is 1380. The van der Waals surface area contributed by atoms with Crippen LogP contribution in [0.1, 0.15) is 5.69 Å². The highest BCUT2D eigenvalue weighted by molar-refractivity contribution is 6.31. The van der Waals surface area contributed by atoms with Crippen LogP contribution in [0.5, 0.6) is 5.75 Å². The van der Waals surface area contributed by atoms with Gasteiger partial charge in [-0.3, -0.25) is 14.3 Å². The number of hydrogen-bond acceptors (Lipinski definition) is 8. The molecule has 3 aromatic heterocycles. The third-order valence-corrected chi connectivity index (χ3v) is 5.47. The largest absolute Gasteiger partial charge is 0.495 e. The van der Waals surface area contributed by atoms with Gasteiger partial charge in [0.2, 0.25) is 0 Å². The number of aromatic nitrogens is 6. The van der Waals surface area contributed by atoms with E-state index in [1.807, 2.05) is 6.07 Å². The number of nitrogens with zero attached hydrogens (tertiary/aromatic N) is 8. The van der Waals surface area contributed by atoms with E-state index in [2.05, 4.69) is 25.6 Å². The van der Waals surface area contributed by atoms with Crippen LogP contribution in [0.4, 0.5) is 5.69 Å². The lowest BCUT2D eigenvalue weighted by Gasteiger charge is -2.20. The highest BCUT2D eigenvalue weighted by Gasteiger charge is 2.21. The molecule has 0 atom stereocenters. The summed E-state index contributed by atoms with van der Waals surface area (Å²) >= 11 is 12.3. The van der Waals surface area contributed by atoms with Crippen molar-refractivity contribution in [3.63, 3.8) is 0 Å². The van der Waals surface area contributed by atoms with Crippen LogP contribution in [0.2, 0.25) is 5.02 Å². The van der Waals surface area contributed by atoms with Crippen LogP contribution in [-0.4, -0.2) is 54.3 Å². The molecule has 0 radical (unpaired) electrons. The van der Waals surface area contributed by atoms with E-state index >= 15 is 0 Å². The maximum atomic E-state index is 13.0. The Morgan fingerprint density at radius 2 is 2.09 bits per heavy atom. The minimum absolute atomic E-state index is 0.216. The number of aromatic amines is 1. The molecule has 11 nitrogen and oxygen atoms in total. The van der Waals surface area contributed by atoms with Gasteiger partial charge in [0.15, 0.2) is 0 Å². The van der Waals surface area contributed by atoms with Gasteiger partial charge in [-0.05, 0) is 18.2 Å². The molecular weight excluding hydrogens is 469 g/mol. The Morgan fingerprint density at radius 1 is 1.21 bits per heavy atom. The number of benzene rings is 1. The third kappa shape index (κ3) is 4.15. The molecule has 0 aliphatic carbocycles. The lowest BCUT2D eigenvalue weighted by atomic mass is 10.0. The molecule has 1 aromatic carbocycles. The van der Waals surface area contributed by atoms with Crippen LogP contribution >= 0.6 is 23.4 Å². The zero-order valence-electron chi connectivity index (χ0n) is 17.3. The lowest BCUT2D eigenvalue weighted by molar-refractivity contribution is 0.410. The van der Waals surface area contributed by atoms with Crippen LogP contribution in [0.3, 0.4) is 0 Å². The molecule has 0 amide bonds. The first-order valence-electron chi connectivity index (χ1n) is 9.74. The summed E-state index contributed by atoms with van der Waals surface area (Å²) in [4.78, 5) is 13.0. The normalized spacial score (nSPS) is 13.2. The van der Waals surface area contributed by atoms with Crippen LogP contribution in [0.25, 0.3) is 16.8 Å². The maximum Gasteiger partial charge on any atom is 0.251 e. The van der Waals surface area contributed by atoms with Gasteiger partial charge in [-0.15, -0.1) is 5.10 Å². The predicted molar refractivity (Wildman–Crippen MR) is 124 cm³/mol. The highest BCUT2D eigenvalue weighted by Crippen LogP contribution is 2.38. The molecule has 4 heterocycles. The summed E-state index contributed by atoms with van der Waals surface area (Å²) in [7, 11) is 1.54. The van der Waals surface area contributed by atoms with E-state index in [4.69, 9.17) is 28.1 Å². The second-order valence-electron chi connectivity index (χ2n) is 7.17. The monoisotopic (exact) mass is 485 g/mol. The van der Waals surface area contributed by atoms with Crippen LogP contribution in [0, 0.1) is 0 Å². The molecule has 4 aromatic rings. The fourth-order valence-electron chi connectivity index (χ4n) is 3.50. The first-order chi connectivity index (χ1) is 16.0. The van der Waals surface area contributed by atoms with Gasteiger partial charge in [0.05, 0.1) is 37.9 Å². The Hall–Kier alpha value is -3.83. The molecule has 0 unspecified atom stereocenters. The van der Waals surface area contributed by atoms with E-state index in [0.717, 1.165) is 11.4 Å². The molecule has 0 bridgehead atoms. The van der Waals surface area contributed by atoms with Crippen molar-refractivity contribution in [2.45, 2.75) is 6.54 Å². The molecule has 0 spiro atoms. The van der Waals surface area contributed by atoms with Crippen molar-refractivity contribution in [1.29, 1.82) is 0 Å². The zero-order valence-corrected chi connectivity index (χ0v) is 18.8. The van der Waals surface area contributed by atoms with Gasteiger partial charge >= 0.3 is 0 Å². The Labute approximate surface area is 197 Å². The number of methoxy groups -OCH3 is 1. The minimum Gasteiger partial charge on any atom is -0.495 e.